The van der Waals surface area contributed by atoms with Gasteiger partial charge in [0.2, 0.25) is 5.89 Å². The van der Waals surface area contributed by atoms with Gasteiger partial charge >= 0.3 is 5.82 Å². The lowest BCUT2D eigenvalue weighted by Crippen LogP contribution is -1.91. The molecule has 2 aromatic rings. The van der Waals surface area contributed by atoms with Gasteiger partial charge in [0, 0.05) is 6.42 Å². The van der Waals surface area contributed by atoms with Gasteiger partial charge < -0.3 is 4.42 Å². The highest BCUT2D eigenvalue weighted by Gasteiger charge is 2.03. The minimum absolute atomic E-state index is 0.346. The third-order valence-electron chi connectivity index (χ3n) is 1.89. The normalized spacial score (nSPS) is 10.3. The summed E-state index contributed by atoms with van der Waals surface area (Å²) in [4.78, 5) is 10.5. The van der Waals surface area contributed by atoms with Crippen LogP contribution in [0.3, 0.4) is 0 Å². The minimum Gasteiger partial charge on any atom is -0.375 e. The molecule has 0 atom stereocenters. The Morgan fingerprint density at radius 2 is 1.93 bits per heavy atom. The standard InChI is InChI=1S/C10H9NO3/c12-10-13-9(11-14-10)7-6-8-4-2-1-3-5-8/h1-5H,6-7H2. The van der Waals surface area contributed by atoms with Crippen LogP contribution < -0.4 is 5.82 Å². The molecule has 2 rings (SSSR count). The van der Waals surface area contributed by atoms with Crippen LogP contribution >= 0.6 is 0 Å². The van der Waals surface area contributed by atoms with Gasteiger partial charge in [-0.15, -0.1) is 0 Å². The second-order valence-electron chi connectivity index (χ2n) is 2.91. The van der Waals surface area contributed by atoms with Crippen molar-refractivity contribution in [2.24, 2.45) is 0 Å². The van der Waals surface area contributed by atoms with Crippen LogP contribution in [0.1, 0.15) is 11.5 Å². The van der Waals surface area contributed by atoms with E-state index in [1.54, 1.807) is 0 Å². The predicted molar refractivity (Wildman–Crippen MR) is 48.9 cm³/mol. The summed E-state index contributed by atoms with van der Waals surface area (Å²) >= 11 is 0. The fraction of sp³-hybridized carbons (Fsp3) is 0.200. The maximum atomic E-state index is 10.5. The Bertz CT molecular complexity index is 444. The Morgan fingerprint density at radius 1 is 1.14 bits per heavy atom. The molecular weight excluding hydrogens is 182 g/mol. The van der Waals surface area contributed by atoms with Gasteiger partial charge in [-0.05, 0) is 17.1 Å². The summed E-state index contributed by atoms with van der Waals surface area (Å²) in [7, 11) is 0. The van der Waals surface area contributed by atoms with Crippen molar-refractivity contribution in [1.82, 2.24) is 5.16 Å². The molecule has 0 unspecified atom stereocenters. The maximum Gasteiger partial charge on any atom is 0.542 e. The van der Waals surface area contributed by atoms with E-state index in [0.717, 1.165) is 6.42 Å². The summed E-state index contributed by atoms with van der Waals surface area (Å²) in [6.07, 6.45) is 1.37. The Morgan fingerprint density at radius 3 is 2.57 bits per heavy atom. The number of nitrogens with zero attached hydrogens (tertiary/aromatic N) is 1. The smallest absolute Gasteiger partial charge is 0.375 e. The largest absolute Gasteiger partial charge is 0.542 e. The van der Waals surface area contributed by atoms with Crippen molar-refractivity contribution < 1.29 is 8.94 Å². The SMILES string of the molecule is O=c1onc(CCc2ccccc2)o1. The molecule has 0 fully saturated rings. The van der Waals surface area contributed by atoms with Crippen LogP contribution in [-0.4, -0.2) is 5.16 Å². The van der Waals surface area contributed by atoms with Gasteiger partial charge in [-0.1, -0.05) is 30.3 Å². The van der Waals surface area contributed by atoms with Crippen LogP contribution in [0.5, 0.6) is 0 Å². The molecule has 0 bridgehead atoms. The third-order valence-corrected chi connectivity index (χ3v) is 1.89. The first-order valence-corrected chi connectivity index (χ1v) is 4.34. The van der Waals surface area contributed by atoms with Crippen LogP contribution in [0.4, 0.5) is 0 Å². The monoisotopic (exact) mass is 191 g/mol. The molecule has 4 nitrogen and oxygen atoms in total. The molecule has 0 aliphatic rings. The van der Waals surface area contributed by atoms with Crippen LogP contribution in [0.25, 0.3) is 0 Å². The van der Waals surface area contributed by atoms with Crippen molar-refractivity contribution >= 4 is 0 Å². The molecule has 72 valence electrons. The van der Waals surface area contributed by atoms with E-state index in [-0.39, 0.29) is 0 Å². The Labute approximate surface area is 80.2 Å². The Kier molecular flexibility index (Phi) is 2.44. The van der Waals surface area contributed by atoms with Crippen LogP contribution in [0, 0.1) is 0 Å². The van der Waals surface area contributed by atoms with Gasteiger partial charge in [0.05, 0.1) is 0 Å². The molecule has 0 spiro atoms. The van der Waals surface area contributed by atoms with E-state index in [1.807, 2.05) is 30.3 Å². The molecule has 14 heavy (non-hydrogen) atoms. The number of aryl methyl sites for hydroxylation is 2. The van der Waals surface area contributed by atoms with Gasteiger partial charge in [0.25, 0.3) is 0 Å². The van der Waals surface area contributed by atoms with Crippen molar-refractivity contribution in [3.8, 4) is 0 Å². The molecular formula is C10H9NO3. The van der Waals surface area contributed by atoms with Crippen molar-refractivity contribution in [1.29, 1.82) is 0 Å². The minimum atomic E-state index is -0.743. The highest BCUT2D eigenvalue weighted by molar-refractivity contribution is 5.15. The van der Waals surface area contributed by atoms with Crippen molar-refractivity contribution in [3.63, 3.8) is 0 Å². The van der Waals surface area contributed by atoms with Gasteiger partial charge in [-0.25, -0.2) is 4.79 Å². The molecule has 0 saturated carbocycles. The molecule has 0 amide bonds. The average Bonchev–Trinajstić information content (AvgIpc) is 2.63. The topological polar surface area (TPSA) is 56.2 Å². The second kappa shape index (κ2) is 3.91. The van der Waals surface area contributed by atoms with Gasteiger partial charge in [0.1, 0.15) is 0 Å². The number of rotatable bonds is 3. The average molecular weight is 191 g/mol. The highest BCUT2D eigenvalue weighted by Crippen LogP contribution is 2.03. The zero-order chi connectivity index (χ0) is 9.80. The molecule has 0 aliphatic carbocycles. The Hall–Kier alpha value is -1.84. The molecule has 1 heterocycles. The van der Waals surface area contributed by atoms with Crippen LogP contribution in [0.2, 0.25) is 0 Å². The maximum absolute atomic E-state index is 10.5. The summed E-state index contributed by atoms with van der Waals surface area (Å²) in [5.74, 6) is -0.396. The third kappa shape index (κ3) is 2.10. The van der Waals surface area contributed by atoms with E-state index < -0.39 is 5.82 Å². The van der Waals surface area contributed by atoms with Gasteiger partial charge in [-0.3, -0.25) is 4.52 Å². The van der Waals surface area contributed by atoms with E-state index in [2.05, 4.69) is 14.1 Å². The van der Waals surface area contributed by atoms with E-state index >= 15 is 0 Å². The first kappa shape index (κ1) is 8.74. The zero-order valence-corrected chi connectivity index (χ0v) is 7.47. The fourth-order valence-corrected chi connectivity index (χ4v) is 1.21. The van der Waals surface area contributed by atoms with E-state index in [4.69, 9.17) is 0 Å². The summed E-state index contributed by atoms with van der Waals surface area (Å²) in [5.41, 5.74) is 1.18. The zero-order valence-electron chi connectivity index (χ0n) is 7.47. The number of hydrogen-bond acceptors (Lipinski definition) is 4. The van der Waals surface area contributed by atoms with Crippen LogP contribution in [0.15, 0.2) is 44.1 Å². The lowest BCUT2D eigenvalue weighted by Gasteiger charge is -1.95. The molecule has 1 aromatic carbocycles. The summed E-state index contributed by atoms with van der Waals surface area (Å²) < 4.78 is 8.95. The molecule has 0 N–H and O–H groups in total. The summed E-state index contributed by atoms with van der Waals surface area (Å²) in [6, 6.07) is 9.92. The molecule has 0 saturated heterocycles. The lowest BCUT2D eigenvalue weighted by molar-refractivity contribution is 0.334. The van der Waals surface area contributed by atoms with Gasteiger partial charge in [-0.2, -0.15) is 0 Å². The number of benzene rings is 1. The molecule has 0 radical (unpaired) electrons. The summed E-state index contributed by atoms with van der Waals surface area (Å²) in [5, 5.41) is 3.48. The van der Waals surface area contributed by atoms with Crippen molar-refractivity contribution in [2.75, 3.05) is 0 Å². The number of hydrogen-bond donors (Lipinski definition) is 0. The predicted octanol–water partition coefficient (Wildman–Crippen LogP) is 1.41. The van der Waals surface area contributed by atoms with Crippen molar-refractivity contribution in [2.45, 2.75) is 12.8 Å². The van der Waals surface area contributed by atoms with Crippen molar-refractivity contribution in [3.05, 3.63) is 52.4 Å². The summed E-state index contributed by atoms with van der Waals surface area (Å²) in [6.45, 7) is 0. The molecule has 4 heteroatoms. The highest BCUT2D eigenvalue weighted by atomic mass is 16.6. The molecule has 0 aliphatic heterocycles. The quantitative estimate of drug-likeness (QED) is 0.736. The lowest BCUT2D eigenvalue weighted by atomic mass is 10.1. The first-order valence-electron chi connectivity index (χ1n) is 4.34. The molecule has 1 aromatic heterocycles. The van der Waals surface area contributed by atoms with Crippen LogP contribution in [-0.2, 0) is 12.8 Å². The number of aromatic nitrogens is 1. The van der Waals surface area contributed by atoms with Gasteiger partial charge in [0.15, 0.2) is 0 Å². The fourth-order valence-electron chi connectivity index (χ4n) is 1.21. The van der Waals surface area contributed by atoms with E-state index in [1.165, 1.54) is 5.56 Å². The van der Waals surface area contributed by atoms with E-state index in [0.29, 0.717) is 12.3 Å². The first-order chi connectivity index (χ1) is 6.84. The van der Waals surface area contributed by atoms with E-state index in [9.17, 15) is 4.79 Å². The Balaban J connectivity index is 1.98. The second-order valence-corrected chi connectivity index (χ2v) is 2.91.